The molecule has 0 saturated heterocycles. The number of amides is 1. The van der Waals surface area contributed by atoms with Crippen LogP contribution in [0.2, 0.25) is 0 Å². The zero-order chi connectivity index (χ0) is 25.8. The number of aromatic nitrogens is 2. The van der Waals surface area contributed by atoms with E-state index in [0.29, 0.717) is 46.3 Å². The zero-order valence-electron chi connectivity index (χ0n) is 20.5. The molecular formula is C27H27N3O6. The van der Waals surface area contributed by atoms with E-state index in [0.717, 1.165) is 5.56 Å². The quantitative estimate of drug-likeness (QED) is 0.378. The molecule has 9 heteroatoms. The standard InChI is InChI=1S/C27H27N3O6/c1-5-34-18-10-12-20(13-11-18)36-24-15-23-22(29(3)26(32)27(33)30(23)4)14-21(24)28-25(31)16-35-19-8-6-17(2)7-9-19/h6-15H,5,16H2,1-4H3,(H,28,31). The topological polar surface area (TPSA) is 101 Å². The molecule has 0 aliphatic carbocycles. The van der Waals surface area contributed by atoms with Crippen molar-refractivity contribution in [2.24, 2.45) is 14.1 Å². The van der Waals surface area contributed by atoms with Crippen LogP contribution < -0.4 is 30.6 Å². The van der Waals surface area contributed by atoms with E-state index in [1.165, 1.54) is 23.2 Å². The predicted molar refractivity (Wildman–Crippen MR) is 137 cm³/mol. The summed E-state index contributed by atoms with van der Waals surface area (Å²) in [5.41, 5.74) is 0.986. The number of aryl methyl sites for hydroxylation is 3. The van der Waals surface area contributed by atoms with E-state index in [1.54, 1.807) is 48.5 Å². The molecule has 3 aromatic carbocycles. The highest BCUT2D eigenvalue weighted by Crippen LogP contribution is 2.34. The maximum atomic E-state index is 12.8. The lowest BCUT2D eigenvalue weighted by Crippen LogP contribution is -2.39. The Morgan fingerprint density at radius 1 is 0.806 bits per heavy atom. The third-order valence-electron chi connectivity index (χ3n) is 5.62. The maximum Gasteiger partial charge on any atom is 0.316 e. The molecule has 0 fully saturated rings. The maximum absolute atomic E-state index is 12.8. The number of anilines is 1. The van der Waals surface area contributed by atoms with Crippen molar-refractivity contribution >= 4 is 22.6 Å². The van der Waals surface area contributed by atoms with Crippen LogP contribution in [-0.4, -0.2) is 28.3 Å². The van der Waals surface area contributed by atoms with Gasteiger partial charge in [0.25, 0.3) is 5.91 Å². The number of fused-ring (bicyclic) bond motifs is 1. The van der Waals surface area contributed by atoms with E-state index in [9.17, 15) is 14.4 Å². The smallest absolute Gasteiger partial charge is 0.316 e. The fraction of sp³-hybridized carbons (Fsp3) is 0.222. The number of ether oxygens (including phenoxy) is 3. The Balaban J connectivity index is 1.68. The monoisotopic (exact) mass is 489 g/mol. The van der Waals surface area contributed by atoms with Gasteiger partial charge in [0.2, 0.25) is 0 Å². The molecule has 1 aromatic heterocycles. The molecule has 0 aliphatic rings. The molecule has 4 rings (SSSR count). The predicted octanol–water partition coefficient (Wildman–Crippen LogP) is 3.75. The second-order valence-corrected chi connectivity index (χ2v) is 8.22. The van der Waals surface area contributed by atoms with Gasteiger partial charge in [-0.05, 0) is 56.3 Å². The molecule has 0 bridgehead atoms. The zero-order valence-corrected chi connectivity index (χ0v) is 20.5. The molecule has 1 N–H and O–H groups in total. The van der Waals surface area contributed by atoms with Crippen molar-refractivity contribution in [1.82, 2.24) is 9.13 Å². The van der Waals surface area contributed by atoms with Gasteiger partial charge >= 0.3 is 11.1 Å². The van der Waals surface area contributed by atoms with Gasteiger partial charge < -0.3 is 28.7 Å². The van der Waals surface area contributed by atoms with Crippen molar-refractivity contribution in [3.05, 3.63) is 86.9 Å². The molecule has 0 saturated carbocycles. The fourth-order valence-corrected chi connectivity index (χ4v) is 3.65. The Kier molecular flexibility index (Phi) is 7.10. The van der Waals surface area contributed by atoms with Gasteiger partial charge in [0.15, 0.2) is 12.4 Å². The second kappa shape index (κ2) is 10.4. The summed E-state index contributed by atoms with van der Waals surface area (Å²) in [5.74, 6) is 1.64. The summed E-state index contributed by atoms with van der Waals surface area (Å²) in [7, 11) is 3.02. The minimum atomic E-state index is -0.676. The van der Waals surface area contributed by atoms with E-state index in [2.05, 4.69) is 5.32 Å². The molecule has 4 aromatic rings. The molecule has 36 heavy (non-hydrogen) atoms. The largest absolute Gasteiger partial charge is 0.494 e. The Labute approximate surface area is 207 Å². The summed E-state index contributed by atoms with van der Waals surface area (Å²) >= 11 is 0. The molecule has 0 radical (unpaired) electrons. The van der Waals surface area contributed by atoms with Crippen LogP contribution in [0.15, 0.2) is 70.3 Å². The molecule has 9 nitrogen and oxygen atoms in total. The van der Waals surface area contributed by atoms with Gasteiger partial charge in [-0.1, -0.05) is 17.7 Å². The van der Waals surface area contributed by atoms with Crippen molar-refractivity contribution in [1.29, 1.82) is 0 Å². The summed E-state index contributed by atoms with van der Waals surface area (Å²) in [5, 5.41) is 2.80. The SMILES string of the molecule is CCOc1ccc(Oc2cc3c(cc2NC(=O)COc2ccc(C)cc2)n(C)c(=O)c(=O)n3C)cc1. The molecule has 0 spiro atoms. The van der Waals surface area contributed by atoms with Crippen LogP contribution in [0.4, 0.5) is 5.69 Å². The average Bonchev–Trinajstić information content (AvgIpc) is 2.88. The van der Waals surface area contributed by atoms with Crippen molar-refractivity contribution in [2.75, 3.05) is 18.5 Å². The van der Waals surface area contributed by atoms with Crippen LogP contribution >= 0.6 is 0 Å². The number of nitrogens with zero attached hydrogens (tertiary/aromatic N) is 2. The summed E-state index contributed by atoms with van der Waals surface area (Å²) in [6, 6.07) is 17.6. The van der Waals surface area contributed by atoms with E-state index < -0.39 is 17.0 Å². The highest BCUT2D eigenvalue weighted by Gasteiger charge is 2.16. The first-order valence-corrected chi connectivity index (χ1v) is 11.4. The van der Waals surface area contributed by atoms with Crippen LogP contribution in [0.5, 0.6) is 23.0 Å². The van der Waals surface area contributed by atoms with E-state index >= 15 is 0 Å². The number of rotatable bonds is 8. The number of benzene rings is 3. The third kappa shape index (κ3) is 5.25. The number of carbonyl (C=O) groups is 1. The average molecular weight is 490 g/mol. The number of hydrogen-bond donors (Lipinski definition) is 1. The van der Waals surface area contributed by atoms with Crippen LogP contribution in [0, 0.1) is 6.92 Å². The first-order valence-electron chi connectivity index (χ1n) is 11.4. The molecule has 1 amide bonds. The van der Waals surface area contributed by atoms with Gasteiger partial charge in [-0.3, -0.25) is 14.4 Å². The van der Waals surface area contributed by atoms with E-state index in [4.69, 9.17) is 14.2 Å². The summed E-state index contributed by atoms with van der Waals surface area (Å²) in [6.07, 6.45) is 0. The number of hydrogen-bond acceptors (Lipinski definition) is 6. The second-order valence-electron chi connectivity index (χ2n) is 8.22. The third-order valence-corrected chi connectivity index (χ3v) is 5.62. The van der Waals surface area contributed by atoms with Gasteiger partial charge in [0, 0.05) is 20.2 Å². The molecular weight excluding hydrogens is 462 g/mol. The summed E-state index contributed by atoms with van der Waals surface area (Å²) in [6.45, 7) is 4.17. The van der Waals surface area contributed by atoms with E-state index in [-0.39, 0.29) is 6.61 Å². The van der Waals surface area contributed by atoms with Crippen molar-refractivity contribution in [2.45, 2.75) is 13.8 Å². The van der Waals surface area contributed by atoms with Crippen LogP contribution in [0.25, 0.3) is 11.0 Å². The lowest BCUT2D eigenvalue weighted by atomic mass is 10.2. The van der Waals surface area contributed by atoms with Crippen molar-refractivity contribution < 1.29 is 19.0 Å². The Hall–Kier alpha value is -4.53. The van der Waals surface area contributed by atoms with Gasteiger partial charge in [-0.25, -0.2) is 0 Å². The normalized spacial score (nSPS) is 10.8. The minimum absolute atomic E-state index is 0.226. The van der Waals surface area contributed by atoms with Gasteiger partial charge in [-0.2, -0.15) is 0 Å². The van der Waals surface area contributed by atoms with Crippen molar-refractivity contribution in [3.8, 4) is 23.0 Å². The Morgan fingerprint density at radius 3 is 1.94 bits per heavy atom. The van der Waals surface area contributed by atoms with Crippen LogP contribution in [-0.2, 0) is 18.9 Å². The molecule has 186 valence electrons. The summed E-state index contributed by atoms with van der Waals surface area (Å²) < 4.78 is 19.6. The lowest BCUT2D eigenvalue weighted by molar-refractivity contribution is -0.118. The van der Waals surface area contributed by atoms with E-state index in [1.807, 2.05) is 26.0 Å². The van der Waals surface area contributed by atoms with Crippen LogP contribution in [0.3, 0.4) is 0 Å². The van der Waals surface area contributed by atoms with Gasteiger partial charge in [0.1, 0.15) is 17.2 Å². The minimum Gasteiger partial charge on any atom is -0.494 e. The van der Waals surface area contributed by atoms with Gasteiger partial charge in [0.05, 0.1) is 23.3 Å². The van der Waals surface area contributed by atoms with Crippen LogP contribution in [0.1, 0.15) is 12.5 Å². The lowest BCUT2D eigenvalue weighted by Gasteiger charge is -2.17. The number of carbonyl (C=O) groups excluding carboxylic acids is 1. The first kappa shape index (κ1) is 24.6. The molecule has 1 heterocycles. The number of nitrogens with one attached hydrogen (secondary N) is 1. The highest BCUT2D eigenvalue weighted by atomic mass is 16.5. The Bertz CT molecular complexity index is 1520. The molecule has 0 atom stereocenters. The Morgan fingerprint density at radius 2 is 1.33 bits per heavy atom. The fourth-order valence-electron chi connectivity index (χ4n) is 3.65. The highest BCUT2D eigenvalue weighted by molar-refractivity contribution is 5.96. The molecule has 0 unspecified atom stereocenters. The first-order chi connectivity index (χ1) is 17.3. The summed E-state index contributed by atoms with van der Waals surface area (Å²) in [4.78, 5) is 37.5. The molecule has 0 aliphatic heterocycles. The van der Waals surface area contributed by atoms with Crippen molar-refractivity contribution in [3.63, 3.8) is 0 Å². The van der Waals surface area contributed by atoms with Gasteiger partial charge in [-0.15, -0.1) is 0 Å².